The van der Waals surface area contributed by atoms with E-state index in [2.05, 4.69) is 10.4 Å². The molecule has 1 aliphatic rings. The normalized spacial score (nSPS) is 15.7. The van der Waals surface area contributed by atoms with Gasteiger partial charge in [0, 0.05) is 38.4 Å². The summed E-state index contributed by atoms with van der Waals surface area (Å²) in [6, 6.07) is 0. The second-order valence-corrected chi connectivity index (χ2v) is 4.21. The number of nitrogens with zero attached hydrogens (tertiary/aromatic N) is 3. The molecule has 88 valence electrons. The van der Waals surface area contributed by atoms with E-state index in [9.17, 15) is 4.79 Å². The highest BCUT2D eigenvalue weighted by atomic mass is 16.2. The molecule has 0 saturated carbocycles. The highest BCUT2D eigenvalue weighted by molar-refractivity contribution is 5.78. The minimum atomic E-state index is 0.210. The Balaban J connectivity index is 1.69. The summed E-state index contributed by atoms with van der Waals surface area (Å²) in [4.78, 5) is 13.6. The number of hydrogen-bond donors (Lipinski definition) is 1. The molecular weight excluding hydrogens is 204 g/mol. The number of carbonyl (C=O) groups is 1. The zero-order valence-electron chi connectivity index (χ0n) is 9.65. The largest absolute Gasteiger partial charge is 0.342 e. The molecule has 2 rings (SSSR count). The molecule has 1 aromatic rings. The van der Waals surface area contributed by atoms with E-state index in [-0.39, 0.29) is 5.91 Å². The van der Waals surface area contributed by atoms with E-state index in [0.29, 0.717) is 13.1 Å². The van der Waals surface area contributed by atoms with Crippen LogP contribution < -0.4 is 5.32 Å². The van der Waals surface area contributed by atoms with Crippen LogP contribution >= 0.6 is 0 Å². The van der Waals surface area contributed by atoms with Gasteiger partial charge in [0.25, 0.3) is 0 Å². The second kappa shape index (κ2) is 5.12. The molecule has 1 saturated heterocycles. The molecule has 0 aliphatic carbocycles. The molecular formula is C11H18N4O. The smallest absolute Gasteiger partial charge is 0.236 e. The van der Waals surface area contributed by atoms with Crippen molar-refractivity contribution in [1.29, 1.82) is 0 Å². The van der Waals surface area contributed by atoms with Gasteiger partial charge in [-0.15, -0.1) is 0 Å². The Kier molecular flexibility index (Phi) is 3.56. The molecule has 1 amide bonds. The minimum absolute atomic E-state index is 0.210. The quantitative estimate of drug-likeness (QED) is 0.788. The van der Waals surface area contributed by atoms with Crippen molar-refractivity contribution in [2.24, 2.45) is 7.05 Å². The number of hydrogen-bond acceptors (Lipinski definition) is 3. The lowest BCUT2D eigenvalue weighted by molar-refractivity contribution is -0.129. The highest BCUT2D eigenvalue weighted by Gasteiger charge is 2.16. The van der Waals surface area contributed by atoms with Crippen molar-refractivity contribution in [3.8, 4) is 0 Å². The van der Waals surface area contributed by atoms with Crippen LogP contribution in [0.4, 0.5) is 0 Å². The van der Waals surface area contributed by atoms with E-state index in [1.807, 2.05) is 24.3 Å². The Morgan fingerprint density at radius 3 is 2.88 bits per heavy atom. The topological polar surface area (TPSA) is 50.2 Å². The Morgan fingerprint density at radius 1 is 1.50 bits per heavy atom. The lowest BCUT2D eigenvalue weighted by atomic mass is 10.3. The molecule has 1 N–H and O–H groups in total. The van der Waals surface area contributed by atoms with Crippen molar-refractivity contribution in [1.82, 2.24) is 20.0 Å². The zero-order valence-corrected chi connectivity index (χ0v) is 9.65. The Morgan fingerprint density at radius 2 is 2.25 bits per heavy atom. The first kappa shape index (κ1) is 11.1. The number of likely N-dealkylation sites (tertiary alicyclic amines) is 1. The molecule has 0 atom stereocenters. The molecule has 5 nitrogen and oxygen atoms in total. The summed E-state index contributed by atoms with van der Waals surface area (Å²) in [6.45, 7) is 2.98. The molecule has 2 heterocycles. The molecule has 16 heavy (non-hydrogen) atoms. The van der Waals surface area contributed by atoms with Gasteiger partial charge in [-0.3, -0.25) is 9.48 Å². The molecule has 5 heteroatoms. The summed E-state index contributed by atoms with van der Waals surface area (Å²) in [6.07, 6.45) is 6.06. The van der Waals surface area contributed by atoms with Gasteiger partial charge in [0.15, 0.2) is 0 Å². The van der Waals surface area contributed by atoms with Crippen molar-refractivity contribution in [3.05, 3.63) is 18.0 Å². The third-order valence-electron chi connectivity index (χ3n) is 2.82. The van der Waals surface area contributed by atoms with Crippen molar-refractivity contribution in [2.45, 2.75) is 19.4 Å². The van der Waals surface area contributed by atoms with Gasteiger partial charge < -0.3 is 10.2 Å². The average molecular weight is 222 g/mol. The number of amides is 1. The van der Waals surface area contributed by atoms with E-state index >= 15 is 0 Å². The maximum atomic E-state index is 11.7. The first-order chi connectivity index (χ1) is 7.75. The molecule has 0 aromatic carbocycles. The first-order valence-corrected chi connectivity index (χ1v) is 5.72. The number of aryl methyl sites for hydroxylation is 1. The van der Waals surface area contributed by atoms with Crippen LogP contribution in [-0.2, 0) is 18.4 Å². The fourth-order valence-corrected chi connectivity index (χ4v) is 1.96. The summed E-state index contributed by atoms with van der Waals surface area (Å²) >= 11 is 0. The van der Waals surface area contributed by atoms with Crippen molar-refractivity contribution >= 4 is 5.91 Å². The van der Waals surface area contributed by atoms with Crippen molar-refractivity contribution in [3.63, 3.8) is 0 Å². The Hall–Kier alpha value is -1.36. The summed E-state index contributed by atoms with van der Waals surface area (Å²) in [5.74, 6) is 0.210. The van der Waals surface area contributed by atoms with Crippen LogP contribution in [0.15, 0.2) is 12.4 Å². The van der Waals surface area contributed by atoms with Crippen LogP contribution in [0.2, 0.25) is 0 Å². The van der Waals surface area contributed by atoms with E-state index < -0.39 is 0 Å². The third-order valence-corrected chi connectivity index (χ3v) is 2.82. The van der Waals surface area contributed by atoms with Gasteiger partial charge in [-0.25, -0.2) is 0 Å². The van der Waals surface area contributed by atoms with Gasteiger partial charge >= 0.3 is 0 Å². The zero-order chi connectivity index (χ0) is 11.4. The van der Waals surface area contributed by atoms with Crippen LogP contribution in [0.5, 0.6) is 0 Å². The molecule has 1 fully saturated rings. The monoisotopic (exact) mass is 222 g/mol. The highest BCUT2D eigenvalue weighted by Crippen LogP contribution is 2.06. The van der Waals surface area contributed by atoms with Gasteiger partial charge in [0.2, 0.25) is 5.91 Å². The predicted octanol–water partition coefficient (Wildman–Crippen LogP) is 0.132. The van der Waals surface area contributed by atoms with Gasteiger partial charge in [-0.05, 0) is 12.8 Å². The first-order valence-electron chi connectivity index (χ1n) is 5.72. The summed E-state index contributed by atoms with van der Waals surface area (Å²) in [5.41, 5.74) is 1.11. The third kappa shape index (κ3) is 2.82. The van der Waals surface area contributed by atoms with Gasteiger partial charge in [-0.1, -0.05) is 0 Å². The standard InChI is InChI=1S/C11H18N4O/c1-14-9-10(7-13-14)6-12-8-11(16)15-4-2-3-5-15/h7,9,12H,2-6,8H2,1H3. The molecule has 1 aromatic heterocycles. The van der Waals surface area contributed by atoms with Gasteiger partial charge in [0.05, 0.1) is 12.7 Å². The number of aromatic nitrogens is 2. The predicted molar refractivity (Wildman–Crippen MR) is 60.7 cm³/mol. The maximum absolute atomic E-state index is 11.7. The summed E-state index contributed by atoms with van der Waals surface area (Å²) < 4.78 is 1.76. The fraction of sp³-hybridized carbons (Fsp3) is 0.636. The molecule has 0 bridgehead atoms. The second-order valence-electron chi connectivity index (χ2n) is 4.21. The van der Waals surface area contributed by atoms with Crippen LogP contribution in [0.25, 0.3) is 0 Å². The summed E-state index contributed by atoms with van der Waals surface area (Å²) in [5, 5.41) is 7.22. The van der Waals surface area contributed by atoms with Crippen LogP contribution in [-0.4, -0.2) is 40.2 Å². The molecule has 0 radical (unpaired) electrons. The van der Waals surface area contributed by atoms with E-state index in [1.54, 1.807) is 4.68 Å². The van der Waals surface area contributed by atoms with Crippen molar-refractivity contribution < 1.29 is 4.79 Å². The fourth-order valence-electron chi connectivity index (χ4n) is 1.96. The summed E-state index contributed by atoms with van der Waals surface area (Å²) in [7, 11) is 1.89. The van der Waals surface area contributed by atoms with Crippen molar-refractivity contribution in [2.75, 3.05) is 19.6 Å². The van der Waals surface area contributed by atoms with Crippen LogP contribution in [0.1, 0.15) is 18.4 Å². The van der Waals surface area contributed by atoms with E-state index in [1.165, 1.54) is 0 Å². The number of rotatable bonds is 4. The molecule has 0 unspecified atom stereocenters. The molecule has 1 aliphatic heterocycles. The lowest BCUT2D eigenvalue weighted by Gasteiger charge is -2.15. The minimum Gasteiger partial charge on any atom is -0.342 e. The molecule has 0 spiro atoms. The van der Waals surface area contributed by atoms with Crippen LogP contribution in [0, 0.1) is 0 Å². The lowest BCUT2D eigenvalue weighted by Crippen LogP contribution is -2.35. The van der Waals surface area contributed by atoms with Gasteiger partial charge in [-0.2, -0.15) is 5.10 Å². The number of nitrogens with one attached hydrogen (secondary N) is 1. The Labute approximate surface area is 95.4 Å². The number of carbonyl (C=O) groups excluding carboxylic acids is 1. The van der Waals surface area contributed by atoms with Crippen LogP contribution in [0.3, 0.4) is 0 Å². The SMILES string of the molecule is Cn1cc(CNCC(=O)N2CCCC2)cn1. The van der Waals surface area contributed by atoms with Gasteiger partial charge in [0.1, 0.15) is 0 Å². The average Bonchev–Trinajstić information content (AvgIpc) is 2.89. The van der Waals surface area contributed by atoms with E-state index in [0.717, 1.165) is 31.5 Å². The van der Waals surface area contributed by atoms with E-state index in [4.69, 9.17) is 0 Å². The maximum Gasteiger partial charge on any atom is 0.236 e. The Bertz CT molecular complexity index is 355.